The smallest absolute Gasteiger partial charge is 0.250 e. The monoisotopic (exact) mass is 472 g/mol. The molecule has 2 aromatic heterocycles. The number of benzene rings is 2. The van der Waals surface area contributed by atoms with Crippen molar-refractivity contribution in [3.8, 4) is 17.0 Å². The van der Waals surface area contributed by atoms with Crippen LogP contribution in [0, 0.1) is 0 Å². The van der Waals surface area contributed by atoms with Gasteiger partial charge >= 0.3 is 0 Å². The molecule has 0 aliphatic carbocycles. The Bertz CT molecular complexity index is 1210. The fourth-order valence-corrected chi connectivity index (χ4v) is 3.81. The third-order valence-electron chi connectivity index (χ3n) is 3.93. The summed E-state index contributed by atoms with van der Waals surface area (Å²) in [5, 5.41) is 17.0. The number of hydrogen-bond acceptors (Lipinski definition) is 7. The molecule has 1 amide bonds. The van der Waals surface area contributed by atoms with Crippen molar-refractivity contribution in [3.63, 3.8) is 0 Å². The van der Waals surface area contributed by atoms with E-state index in [9.17, 15) is 4.79 Å². The Kier molecular flexibility index (Phi) is 6.66. The molecule has 11 heteroatoms. The maximum atomic E-state index is 12.1. The number of amides is 1. The summed E-state index contributed by atoms with van der Waals surface area (Å²) in [7, 11) is 0. The summed E-state index contributed by atoms with van der Waals surface area (Å²) in [6, 6.07) is 18.0. The predicted molar refractivity (Wildman–Crippen MR) is 120 cm³/mol. The van der Waals surface area contributed by atoms with Crippen LogP contribution in [-0.2, 0) is 4.79 Å². The number of nitrogens with zero attached hydrogens (tertiary/aromatic N) is 5. The zero-order valence-corrected chi connectivity index (χ0v) is 18.1. The van der Waals surface area contributed by atoms with Gasteiger partial charge in [-0.05, 0) is 52.9 Å². The molecule has 8 nitrogen and oxygen atoms in total. The molecule has 0 aliphatic rings. The lowest BCUT2D eigenvalue weighted by Gasteiger charge is -2.03. The van der Waals surface area contributed by atoms with Gasteiger partial charge in [0.2, 0.25) is 5.16 Å². The number of halogens is 2. The summed E-state index contributed by atoms with van der Waals surface area (Å²) >= 11 is 13.2. The van der Waals surface area contributed by atoms with E-state index in [2.05, 4.69) is 26.1 Å². The van der Waals surface area contributed by atoms with Crippen LogP contribution in [0.15, 0.2) is 75.3 Å². The highest BCUT2D eigenvalue weighted by Crippen LogP contribution is 2.28. The molecule has 0 unspecified atom stereocenters. The molecular formula is C20H14Cl2N6O2S. The maximum Gasteiger partial charge on any atom is 0.250 e. The van der Waals surface area contributed by atoms with Crippen molar-refractivity contribution in [3.05, 3.63) is 76.5 Å². The Balaban J connectivity index is 1.32. The second-order valence-corrected chi connectivity index (χ2v) is 7.97. The standard InChI is InChI=1S/C20H14Cl2N6O2S/c21-14-8-13(9-15(22)10-14)18-7-6-17(30-18)11-23-24-19(29)12-31-20-25-26-27-28(20)16-4-2-1-3-5-16/h1-11H,12H2,(H,24,29)/b23-11-. The van der Waals surface area contributed by atoms with Gasteiger partial charge in [-0.2, -0.15) is 9.78 Å². The van der Waals surface area contributed by atoms with Gasteiger partial charge in [-0.15, -0.1) is 5.10 Å². The summed E-state index contributed by atoms with van der Waals surface area (Å²) in [6.45, 7) is 0. The van der Waals surface area contributed by atoms with Crippen molar-refractivity contribution < 1.29 is 9.21 Å². The number of carbonyl (C=O) groups is 1. The van der Waals surface area contributed by atoms with Gasteiger partial charge in [0.05, 0.1) is 17.7 Å². The lowest BCUT2D eigenvalue weighted by molar-refractivity contribution is -0.118. The van der Waals surface area contributed by atoms with Crippen molar-refractivity contribution in [1.29, 1.82) is 0 Å². The van der Waals surface area contributed by atoms with E-state index in [1.807, 2.05) is 30.3 Å². The SMILES string of the molecule is O=C(CSc1nnnn1-c1ccccc1)N/N=C\c1ccc(-c2cc(Cl)cc(Cl)c2)o1. The Labute approximate surface area is 191 Å². The molecule has 2 aromatic carbocycles. The predicted octanol–water partition coefficient (Wildman–Crippen LogP) is 4.47. The minimum atomic E-state index is -0.308. The highest BCUT2D eigenvalue weighted by molar-refractivity contribution is 7.99. The van der Waals surface area contributed by atoms with Crippen molar-refractivity contribution in [1.82, 2.24) is 25.6 Å². The average molecular weight is 473 g/mol. The van der Waals surface area contributed by atoms with Crippen LogP contribution in [0.1, 0.15) is 5.76 Å². The Morgan fingerprint density at radius 1 is 1.13 bits per heavy atom. The van der Waals surface area contributed by atoms with Gasteiger partial charge in [-0.3, -0.25) is 4.79 Å². The molecule has 0 spiro atoms. The minimum absolute atomic E-state index is 0.0922. The van der Waals surface area contributed by atoms with Crippen molar-refractivity contribution in [2.75, 3.05) is 5.75 Å². The number of hydrogen-bond donors (Lipinski definition) is 1. The number of aromatic nitrogens is 4. The van der Waals surface area contributed by atoms with Gasteiger partial charge in [0.1, 0.15) is 11.5 Å². The van der Waals surface area contributed by atoms with Crippen molar-refractivity contribution in [2.24, 2.45) is 5.10 Å². The Morgan fingerprint density at radius 2 is 1.90 bits per heavy atom. The molecule has 156 valence electrons. The lowest BCUT2D eigenvalue weighted by atomic mass is 10.2. The average Bonchev–Trinajstić information content (AvgIpc) is 3.42. The number of furan rings is 1. The Hall–Kier alpha value is -3.14. The van der Waals surface area contributed by atoms with E-state index in [0.29, 0.717) is 26.7 Å². The number of rotatable bonds is 7. The molecule has 0 saturated heterocycles. The summed E-state index contributed by atoms with van der Waals surface area (Å²) in [6.07, 6.45) is 1.41. The van der Waals surface area contributed by atoms with Gasteiger partial charge in [-0.1, -0.05) is 53.2 Å². The molecule has 1 N–H and O–H groups in total. The fraction of sp³-hybridized carbons (Fsp3) is 0.0500. The maximum absolute atomic E-state index is 12.1. The molecule has 0 aliphatic heterocycles. The second kappa shape index (κ2) is 9.78. The summed E-state index contributed by atoms with van der Waals surface area (Å²) in [5.41, 5.74) is 4.00. The number of nitrogens with one attached hydrogen (secondary N) is 1. The summed E-state index contributed by atoms with van der Waals surface area (Å²) < 4.78 is 7.26. The van der Waals surface area contributed by atoms with Crippen LogP contribution >= 0.6 is 35.0 Å². The molecule has 0 radical (unpaired) electrons. The van der Waals surface area contributed by atoms with E-state index in [1.165, 1.54) is 18.0 Å². The number of hydrazone groups is 1. The first kappa shape index (κ1) is 21.1. The molecular weight excluding hydrogens is 459 g/mol. The zero-order chi connectivity index (χ0) is 21.6. The van der Waals surface area contributed by atoms with Crippen LogP contribution in [-0.4, -0.2) is 38.1 Å². The van der Waals surface area contributed by atoms with Crippen molar-refractivity contribution >= 4 is 47.1 Å². The molecule has 0 bridgehead atoms. The molecule has 4 rings (SSSR count). The van der Waals surface area contributed by atoms with Crippen LogP contribution in [0.25, 0.3) is 17.0 Å². The molecule has 0 saturated carbocycles. The van der Waals surface area contributed by atoms with Gasteiger partial charge in [0.25, 0.3) is 5.91 Å². The first-order valence-electron chi connectivity index (χ1n) is 8.93. The highest BCUT2D eigenvalue weighted by Gasteiger charge is 2.11. The first-order valence-corrected chi connectivity index (χ1v) is 10.7. The van der Waals surface area contributed by atoms with Crippen molar-refractivity contribution in [2.45, 2.75) is 5.16 Å². The van der Waals surface area contributed by atoms with E-state index >= 15 is 0 Å². The zero-order valence-electron chi connectivity index (χ0n) is 15.8. The normalized spacial score (nSPS) is 11.2. The van der Waals surface area contributed by atoms with E-state index in [1.54, 1.807) is 35.0 Å². The molecule has 0 atom stereocenters. The Morgan fingerprint density at radius 3 is 2.68 bits per heavy atom. The third kappa shape index (κ3) is 5.52. The number of para-hydroxylation sites is 1. The topological polar surface area (TPSA) is 98.2 Å². The van der Waals surface area contributed by atoms with E-state index in [-0.39, 0.29) is 11.7 Å². The third-order valence-corrected chi connectivity index (χ3v) is 5.28. The quantitative estimate of drug-likeness (QED) is 0.242. The lowest BCUT2D eigenvalue weighted by Crippen LogP contribution is -2.19. The van der Waals surface area contributed by atoms with Crippen LogP contribution < -0.4 is 5.43 Å². The largest absolute Gasteiger partial charge is 0.455 e. The first-order chi connectivity index (χ1) is 15.1. The number of tetrazole rings is 1. The number of thioether (sulfide) groups is 1. The molecule has 0 fully saturated rings. The fourth-order valence-electron chi connectivity index (χ4n) is 2.60. The van der Waals surface area contributed by atoms with Crippen LogP contribution in [0.4, 0.5) is 0 Å². The van der Waals surface area contributed by atoms with Gasteiger partial charge in [-0.25, -0.2) is 5.43 Å². The van der Waals surface area contributed by atoms with E-state index in [4.69, 9.17) is 27.6 Å². The van der Waals surface area contributed by atoms with Crippen LogP contribution in [0.5, 0.6) is 0 Å². The van der Waals surface area contributed by atoms with Gasteiger partial charge < -0.3 is 4.42 Å². The molecule has 2 heterocycles. The van der Waals surface area contributed by atoms with Gasteiger partial charge in [0.15, 0.2) is 0 Å². The van der Waals surface area contributed by atoms with Crippen LogP contribution in [0.3, 0.4) is 0 Å². The summed E-state index contributed by atoms with van der Waals surface area (Å²) in [4.78, 5) is 12.1. The van der Waals surface area contributed by atoms with E-state index < -0.39 is 0 Å². The molecule has 31 heavy (non-hydrogen) atoms. The molecule has 4 aromatic rings. The second-order valence-electron chi connectivity index (χ2n) is 6.15. The number of carbonyl (C=O) groups excluding carboxylic acids is 1. The van der Waals surface area contributed by atoms with Crippen LogP contribution in [0.2, 0.25) is 10.0 Å². The highest BCUT2D eigenvalue weighted by atomic mass is 35.5. The van der Waals surface area contributed by atoms with E-state index in [0.717, 1.165) is 11.3 Å². The van der Waals surface area contributed by atoms with Gasteiger partial charge in [0, 0.05) is 15.6 Å². The minimum Gasteiger partial charge on any atom is -0.455 e. The summed E-state index contributed by atoms with van der Waals surface area (Å²) in [5.74, 6) is 0.833.